The van der Waals surface area contributed by atoms with Crippen LogP contribution in [0.4, 0.5) is 0 Å². The van der Waals surface area contributed by atoms with Gasteiger partial charge in [0.25, 0.3) is 6.29 Å². The van der Waals surface area contributed by atoms with Crippen molar-refractivity contribution in [2.45, 2.75) is 373 Å². The van der Waals surface area contributed by atoms with Gasteiger partial charge in [0.15, 0.2) is 6.10 Å². The maximum atomic E-state index is 12.9. The third-order valence-electron chi connectivity index (χ3n) is 15.9. The van der Waals surface area contributed by atoms with E-state index in [2.05, 4.69) is 13.8 Å². The van der Waals surface area contributed by atoms with E-state index in [0.29, 0.717) is 17.4 Å². The molecule has 0 rings (SSSR count). The van der Waals surface area contributed by atoms with Crippen molar-refractivity contribution in [1.29, 1.82) is 0 Å². The summed E-state index contributed by atoms with van der Waals surface area (Å²) in [7, 11) is 5.99. The number of nitrogens with zero attached hydrogens (tertiary/aromatic N) is 1. The van der Waals surface area contributed by atoms with Gasteiger partial charge in [0, 0.05) is 12.8 Å². The van der Waals surface area contributed by atoms with Gasteiger partial charge >= 0.3 is 17.9 Å². The van der Waals surface area contributed by atoms with Crippen LogP contribution in [0.25, 0.3) is 0 Å². The highest BCUT2D eigenvalue weighted by molar-refractivity contribution is 5.71. The summed E-state index contributed by atoms with van der Waals surface area (Å²) in [5.74, 6) is -1.97. The van der Waals surface area contributed by atoms with Crippen molar-refractivity contribution in [3.8, 4) is 0 Å². The first kappa shape index (κ1) is 75.3. The second kappa shape index (κ2) is 60.4. The average Bonchev–Trinajstić information content (AvgIpc) is 3.40. The minimum absolute atomic E-state index is 0.172. The molecule has 2 atom stereocenters. The van der Waals surface area contributed by atoms with Crippen LogP contribution in [0, 0.1) is 0 Å². The first-order valence-electron chi connectivity index (χ1n) is 34.2. The zero-order chi connectivity index (χ0) is 56.2. The fourth-order valence-corrected chi connectivity index (χ4v) is 10.6. The van der Waals surface area contributed by atoms with Crippen molar-refractivity contribution in [2.24, 2.45) is 0 Å². The van der Waals surface area contributed by atoms with Crippen molar-refractivity contribution in [3.63, 3.8) is 0 Å². The number of likely N-dealkylation sites (N-methyl/N-ethyl adjacent to an activating group) is 1. The Morgan fingerprint density at radius 3 is 0.831 bits per heavy atom. The third-order valence-corrected chi connectivity index (χ3v) is 15.9. The number of hydrogen-bond acceptors (Lipinski definition) is 7. The topological polar surface area (TPSA) is 108 Å². The van der Waals surface area contributed by atoms with E-state index in [-0.39, 0.29) is 38.2 Å². The molecule has 1 N–H and O–H groups in total. The predicted molar refractivity (Wildman–Crippen MR) is 328 cm³/mol. The molecule has 0 radical (unpaired) electrons. The Morgan fingerprint density at radius 1 is 0.338 bits per heavy atom. The van der Waals surface area contributed by atoms with Gasteiger partial charge < -0.3 is 28.5 Å². The lowest BCUT2D eigenvalue weighted by atomic mass is 10.0. The first-order valence-corrected chi connectivity index (χ1v) is 34.2. The summed E-state index contributed by atoms with van der Waals surface area (Å²) in [5, 5.41) is 9.74. The van der Waals surface area contributed by atoms with E-state index in [9.17, 15) is 19.5 Å². The van der Waals surface area contributed by atoms with Gasteiger partial charge in [-0.05, 0) is 12.8 Å². The molecule has 0 saturated carbocycles. The van der Waals surface area contributed by atoms with Crippen LogP contribution < -0.4 is 0 Å². The first-order chi connectivity index (χ1) is 37.6. The Hall–Kier alpha value is -1.71. The van der Waals surface area contributed by atoms with Crippen LogP contribution in [-0.4, -0.2) is 87.4 Å². The Labute approximate surface area is 479 Å². The summed E-state index contributed by atoms with van der Waals surface area (Å²) in [6.45, 7) is 4.97. The molecule has 0 fully saturated rings. The minimum Gasteiger partial charge on any atom is -0.477 e. The highest BCUT2D eigenvalue weighted by Gasteiger charge is 2.25. The molecule has 0 aliphatic heterocycles. The van der Waals surface area contributed by atoms with Gasteiger partial charge in [-0.15, -0.1) is 0 Å². The number of aliphatic carboxylic acids is 1. The highest BCUT2D eigenvalue weighted by atomic mass is 16.7. The molecule has 0 aromatic carbocycles. The van der Waals surface area contributed by atoms with Crippen LogP contribution in [0.3, 0.4) is 0 Å². The van der Waals surface area contributed by atoms with Crippen molar-refractivity contribution in [3.05, 3.63) is 0 Å². The molecule has 0 amide bonds. The maximum absolute atomic E-state index is 12.9. The fourth-order valence-electron chi connectivity index (χ4n) is 10.6. The minimum atomic E-state index is -1.50. The number of quaternary nitrogens is 1. The zero-order valence-corrected chi connectivity index (χ0v) is 52.4. The number of hydrogen-bond donors (Lipinski definition) is 1. The molecule has 0 saturated heterocycles. The van der Waals surface area contributed by atoms with Crippen molar-refractivity contribution in [2.75, 3.05) is 47.5 Å². The van der Waals surface area contributed by atoms with Gasteiger partial charge in [-0.3, -0.25) is 9.59 Å². The SMILES string of the molecule is CCCCCCCCCCCCCCCCCCCCCCCCCCCCCC(=O)OC(COC(=O)CCCCCCCCCCCCCCCCCCCCCCCCCCC)COC(OCC[N+](C)(C)C)C(=O)O. The summed E-state index contributed by atoms with van der Waals surface area (Å²) < 4.78 is 23.0. The second-order valence-corrected chi connectivity index (χ2v) is 24.9. The van der Waals surface area contributed by atoms with Crippen LogP contribution in [0.5, 0.6) is 0 Å². The van der Waals surface area contributed by atoms with E-state index >= 15 is 0 Å². The molecule has 0 bridgehead atoms. The van der Waals surface area contributed by atoms with E-state index < -0.39 is 18.4 Å². The average molecular weight is 1090 g/mol. The fraction of sp³-hybridized carbons (Fsp3) is 0.956. The standard InChI is InChI=1S/C68H133NO8/c1-6-8-10-12-14-16-18-20-22-24-26-28-30-32-33-35-37-39-41-43-45-47-49-51-53-55-57-59-66(71)77-64(63-76-68(67(72)73)74-61-60-69(3,4)5)62-75-65(70)58-56-54-52-50-48-46-44-42-40-38-36-34-31-29-27-25-23-21-19-17-15-13-11-9-7-2/h64,68H,6-63H2,1-5H3/p+1. The maximum Gasteiger partial charge on any atom is 0.361 e. The Bertz CT molecular complexity index is 1220. The number of rotatable bonds is 65. The number of carbonyl (C=O) groups excluding carboxylic acids is 2. The quantitative estimate of drug-likeness (QED) is 0.0278. The Kier molecular flexibility index (Phi) is 59.0. The Balaban J connectivity index is 4.07. The molecule has 77 heavy (non-hydrogen) atoms. The van der Waals surface area contributed by atoms with Crippen LogP contribution in [0.15, 0.2) is 0 Å². The van der Waals surface area contributed by atoms with E-state index in [1.54, 1.807) is 0 Å². The lowest BCUT2D eigenvalue weighted by molar-refractivity contribution is -0.870. The molecule has 0 aromatic heterocycles. The van der Waals surface area contributed by atoms with Gasteiger partial charge in [0.2, 0.25) is 0 Å². The molecule has 458 valence electrons. The molecule has 0 heterocycles. The molecular weight excluding hydrogens is 959 g/mol. The van der Waals surface area contributed by atoms with Crippen LogP contribution >= 0.6 is 0 Å². The summed E-state index contributed by atoms with van der Waals surface area (Å²) in [5.41, 5.74) is 0. The van der Waals surface area contributed by atoms with E-state index in [1.165, 1.54) is 295 Å². The summed E-state index contributed by atoms with van der Waals surface area (Å²) in [6.07, 6.45) is 67.9. The van der Waals surface area contributed by atoms with Crippen molar-refractivity contribution in [1.82, 2.24) is 0 Å². The van der Waals surface area contributed by atoms with Crippen molar-refractivity contribution >= 4 is 17.9 Å². The van der Waals surface area contributed by atoms with E-state index in [1.807, 2.05) is 21.1 Å². The van der Waals surface area contributed by atoms with Crippen LogP contribution in [0.1, 0.15) is 361 Å². The Morgan fingerprint density at radius 2 is 0.584 bits per heavy atom. The van der Waals surface area contributed by atoms with E-state index in [0.717, 1.165) is 38.5 Å². The largest absolute Gasteiger partial charge is 0.477 e. The monoisotopic (exact) mass is 1090 g/mol. The molecule has 2 unspecified atom stereocenters. The molecule has 9 heteroatoms. The normalized spacial score (nSPS) is 12.6. The van der Waals surface area contributed by atoms with Crippen LogP contribution in [0.2, 0.25) is 0 Å². The third kappa shape index (κ3) is 61.8. The predicted octanol–water partition coefficient (Wildman–Crippen LogP) is 20.7. The summed E-state index contributed by atoms with van der Waals surface area (Å²) >= 11 is 0. The smallest absolute Gasteiger partial charge is 0.361 e. The van der Waals surface area contributed by atoms with Crippen LogP contribution in [-0.2, 0) is 33.3 Å². The lowest BCUT2D eigenvalue weighted by Gasteiger charge is -2.25. The van der Waals surface area contributed by atoms with Gasteiger partial charge in [0.1, 0.15) is 13.2 Å². The number of esters is 2. The van der Waals surface area contributed by atoms with Crippen molar-refractivity contribution < 1.29 is 42.9 Å². The lowest BCUT2D eigenvalue weighted by Crippen LogP contribution is -2.40. The summed E-state index contributed by atoms with van der Waals surface area (Å²) in [6, 6.07) is 0. The molecule has 9 nitrogen and oxygen atoms in total. The number of ether oxygens (including phenoxy) is 4. The molecular formula is C68H134NO8+. The number of carboxylic acids is 1. The van der Waals surface area contributed by atoms with Gasteiger partial charge in [-0.25, -0.2) is 4.79 Å². The molecule has 0 aromatic rings. The van der Waals surface area contributed by atoms with Gasteiger partial charge in [0.05, 0.1) is 34.4 Å². The number of carbonyl (C=O) groups is 3. The summed E-state index contributed by atoms with van der Waals surface area (Å²) in [4.78, 5) is 37.6. The zero-order valence-electron chi connectivity index (χ0n) is 52.4. The second-order valence-electron chi connectivity index (χ2n) is 24.9. The molecule has 0 aliphatic carbocycles. The van der Waals surface area contributed by atoms with Gasteiger partial charge in [-0.2, -0.15) is 0 Å². The van der Waals surface area contributed by atoms with E-state index in [4.69, 9.17) is 18.9 Å². The van der Waals surface area contributed by atoms with Gasteiger partial charge in [-0.1, -0.05) is 335 Å². The molecule has 0 aliphatic rings. The number of carboxylic acid groups (broad SMARTS) is 1. The molecule has 0 spiro atoms. The highest BCUT2D eigenvalue weighted by Crippen LogP contribution is 2.19. The number of unbranched alkanes of at least 4 members (excludes halogenated alkanes) is 50.